The van der Waals surface area contributed by atoms with E-state index in [1.807, 2.05) is 6.92 Å². The van der Waals surface area contributed by atoms with E-state index in [4.69, 9.17) is 11.6 Å². The average Bonchev–Trinajstić information content (AvgIpc) is 2.65. The van der Waals surface area contributed by atoms with Crippen molar-refractivity contribution in [2.45, 2.75) is 65.1 Å². The number of carboxylic acid groups (broad SMARTS) is 1. The van der Waals surface area contributed by atoms with Gasteiger partial charge in [-0.25, -0.2) is 4.98 Å². The first kappa shape index (κ1) is 22.7. The summed E-state index contributed by atoms with van der Waals surface area (Å²) in [6, 6.07) is 3.38. The van der Waals surface area contributed by atoms with Crippen molar-refractivity contribution in [3.05, 3.63) is 39.4 Å². The molecule has 1 aliphatic rings. The molecule has 3 atom stereocenters. The molecule has 2 aromatic rings. The highest BCUT2D eigenvalue weighted by Gasteiger charge is 2.35. The lowest BCUT2D eigenvalue weighted by molar-refractivity contribution is -0.148. The van der Waals surface area contributed by atoms with E-state index in [1.54, 1.807) is 26.0 Å². The highest BCUT2D eigenvalue weighted by Crippen LogP contribution is 2.33. The lowest BCUT2D eigenvalue weighted by Gasteiger charge is -2.37. The van der Waals surface area contributed by atoms with Crippen LogP contribution in [0.1, 0.15) is 45.1 Å². The van der Waals surface area contributed by atoms with Crippen molar-refractivity contribution in [1.29, 1.82) is 0 Å². The van der Waals surface area contributed by atoms with Crippen molar-refractivity contribution in [3.63, 3.8) is 0 Å². The number of hydrogen-bond donors (Lipinski definition) is 3. The number of aryl methyl sites for hydroxylation is 1. The highest BCUT2D eigenvalue weighted by atomic mass is 35.5. The third kappa shape index (κ3) is 5.02. The third-order valence-corrected chi connectivity index (χ3v) is 6.31. The number of carbonyl (C=O) groups is 1. The SMILES string of the molecule is Cc1cc(Cl)cc2c(=O)n(CC(O)CC3NCCCC3CC(C)(C)C(=O)O)cnc12. The Hall–Kier alpha value is -1.96. The molecule has 1 aromatic carbocycles. The van der Waals surface area contributed by atoms with Crippen LogP contribution in [0.15, 0.2) is 23.3 Å². The molecule has 0 radical (unpaired) electrons. The number of piperidine rings is 1. The number of aliphatic carboxylic acids is 1. The van der Waals surface area contributed by atoms with E-state index in [-0.39, 0.29) is 24.1 Å². The van der Waals surface area contributed by atoms with Gasteiger partial charge < -0.3 is 15.5 Å². The largest absolute Gasteiger partial charge is 0.481 e. The molecule has 0 aliphatic carbocycles. The minimum atomic E-state index is -0.816. The summed E-state index contributed by atoms with van der Waals surface area (Å²) in [6.07, 6.45) is 3.61. The Morgan fingerprint density at radius 1 is 1.43 bits per heavy atom. The van der Waals surface area contributed by atoms with Crippen LogP contribution in [0, 0.1) is 18.3 Å². The summed E-state index contributed by atoms with van der Waals surface area (Å²) in [4.78, 5) is 28.8. The van der Waals surface area contributed by atoms with Gasteiger partial charge in [0, 0.05) is 11.1 Å². The molecule has 164 valence electrons. The Morgan fingerprint density at radius 3 is 2.87 bits per heavy atom. The quantitative estimate of drug-likeness (QED) is 0.617. The highest BCUT2D eigenvalue weighted by molar-refractivity contribution is 6.31. The smallest absolute Gasteiger partial charge is 0.309 e. The predicted molar refractivity (Wildman–Crippen MR) is 117 cm³/mol. The van der Waals surface area contributed by atoms with E-state index in [9.17, 15) is 19.8 Å². The normalized spacial score (nSPS) is 21.0. The number of halogens is 1. The zero-order valence-electron chi connectivity index (χ0n) is 17.7. The number of hydrogen-bond acceptors (Lipinski definition) is 5. The van der Waals surface area contributed by atoms with Crippen LogP contribution >= 0.6 is 11.6 Å². The second-order valence-corrected chi connectivity index (χ2v) is 9.50. The summed E-state index contributed by atoms with van der Waals surface area (Å²) < 4.78 is 1.42. The number of aromatic nitrogens is 2. The Kier molecular flexibility index (Phi) is 6.84. The molecule has 8 heteroatoms. The maximum atomic E-state index is 12.9. The van der Waals surface area contributed by atoms with Crippen molar-refractivity contribution in [2.24, 2.45) is 11.3 Å². The molecule has 0 saturated carbocycles. The van der Waals surface area contributed by atoms with E-state index >= 15 is 0 Å². The number of aliphatic hydroxyl groups excluding tert-OH is 1. The Labute approximate surface area is 181 Å². The molecule has 3 rings (SSSR count). The van der Waals surface area contributed by atoms with Gasteiger partial charge in [-0.2, -0.15) is 0 Å². The first-order valence-electron chi connectivity index (χ1n) is 10.4. The van der Waals surface area contributed by atoms with Crippen LogP contribution in [-0.2, 0) is 11.3 Å². The monoisotopic (exact) mass is 435 g/mol. The number of fused-ring (bicyclic) bond motifs is 1. The molecule has 1 aliphatic heterocycles. The van der Waals surface area contributed by atoms with Crippen molar-refractivity contribution in [3.8, 4) is 0 Å². The fourth-order valence-corrected chi connectivity index (χ4v) is 4.68. The summed E-state index contributed by atoms with van der Waals surface area (Å²) >= 11 is 6.10. The van der Waals surface area contributed by atoms with Gasteiger partial charge in [-0.05, 0) is 76.6 Å². The third-order valence-electron chi connectivity index (χ3n) is 6.09. The van der Waals surface area contributed by atoms with Crippen LogP contribution in [0.2, 0.25) is 5.02 Å². The summed E-state index contributed by atoms with van der Waals surface area (Å²) in [5.74, 6) is -0.650. The Bertz CT molecular complexity index is 988. The molecule has 2 heterocycles. The fourth-order valence-electron chi connectivity index (χ4n) is 4.41. The van der Waals surface area contributed by atoms with Gasteiger partial charge in [-0.1, -0.05) is 11.6 Å². The molecule has 30 heavy (non-hydrogen) atoms. The van der Waals surface area contributed by atoms with Crippen LogP contribution < -0.4 is 10.9 Å². The second-order valence-electron chi connectivity index (χ2n) is 9.07. The van der Waals surface area contributed by atoms with E-state index < -0.39 is 17.5 Å². The van der Waals surface area contributed by atoms with Gasteiger partial charge in [0.2, 0.25) is 0 Å². The number of nitrogens with one attached hydrogen (secondary N) is 1. The molecule has 0 bridgehead atoms. The molecular formula is C22H30ClN3O4. The first-order chi connectivity index (χ1) is 14.1. The average molecular weight is 436 g/mol. The maximum Gasteiger partial charge on any atom is 0.309 e. The lowest BCUT2D eigenvalue weighted by atomic mass is 9.75. The van der Waals surface area contributed by atoms with Gasteiger partial charge in [0.15, 0.2) is 0 Å². The molecule has 1 aromatic heterocycles. The molecule has 3 N–H and O–H groups in total. The summed E-state index contributed by atoms with van der Waals surface area (Å²) in [5.41, 5.74) is 0.394. The minimum Gasteiger partial charge on any atom is -0.481 e. The standard InChI is InChI=1S/C22H30ClN3O4/c1-13-7-15(23)8-17-19(13)25-12-26(20(17)28)11-16(27)9-18-14(5-4-6-24-18)10-22(2,3)21(29)30/h7-8,12,14,16,18,24,27H,4-6,9-11H2,1-3H3,(H,29,30). The van der Waals surface area contributed by atoms with Gasteiger partial charge in [-0.15, -0.1) is 0 Å². The molecule has 1 saturated heterocycles. The molecular weight excluding hydrogens is 406 g/mol. The van der Waals surface area contributed by atoms with Crippen LogP contribution in [-0.4, -0.2) is 44.4 Å². The van der Waals surface area contributed by atoms with Crippen LogP contribution in [0.3, 0.4) is 0 Å². The number of aliphatic hydroxyl groups is 1. The molecule has 0 amide bonds. The van der Waals surface area contributed by atoms with Crippen LogP contribution in [0.4, 0.5) is 0 Å². The van der Waals surface area contributed by atoms with Gasteiger partial charge in [0.25, 0.3) is 5.56 Å². The van der Waals surface area contributed by atoms with E-state index in [2.05, 4.69) is 10.3 Å². The fraction of sp³-hybridized carbons (Fsp3) is 0.591. The Morgan fingerprint density at radius 2 is 2.17 bits per heavy atom. The molecule has 1 fully saturated rings. The Balaban J connectivity index is 1.74. The van der Waals surface area contributed by atoms with Gasteiger partial charge in [0.1, 0.15) is 0 Å². The number of nitrogens with zero attached hydrogens (tertiary/aromatic N) is 2. The zero-order chi connectivity index (χ0) is 22.1. The van der Waals surface area contributed by atoms with Gasteiger partial charge in [-0.3, -0.25) is 14.2 Å². The number of rotatable bonds is 7. The summed E-state index contributed by atoms with van der Waals surface area (Å²) in [7, 11) is 0. The zero-order valence-corrected chi connectivity index (χ0v) is 18.4. The predicted octanol–water partition coefficient (Wildman–Crippen LogP) is 2.98. The van der Waals surface area contributed by atoms with Gasteiger partial charge >= 0.3 is 5.97 Å². The van der Waals surface area contributed by atoms with E-state index in [0.717, 1.165) is 24.9 Å². The number of benzene rings is 1. The second kappa shape index (κ2) is 9.04. The molecule has 3 unspecified atom stereocenters. The topological polar surface area (TPSA) is 104 Å². The van der Waals surface area contributed by atoms with Gasteiger partial charge in [0.05, 0.1) is 35.3 Å². The van der Waals surface area contributed by atoms with Crippen molar-refractivity contribution >= 4 is 28.5 Å². The summed E-state index contributed by atoms with van der Waals surface area (Å²) in [5, 5.41) is 24.5. The first-order valence-corrected chi connectivity index (χ1v) is 10.8. The van der Waals surface area contributed by atoms with Crippen molar-refractivity contribution < 1.29 is 15.0 Å². The molecule has 0 spiro atoms. The maximum absolute atomic E-state index is 12.9. The van der Waals surface area contributed by atoms with E-state index in [1.165, 1.54) is 10.9 Å². The molecule has 7 nitrogen and oxygen atoms in total. The van der Waals surface area contributed by atoms with Crippen molar-refractivity contribution in [2.75, 3.05) is 6.54 Å². The number of carboxylic acids is 1. The van der Waals surface area contributed by atoms with E-state index in [0.29, 0.717) is 28.8 Å². The van der Waals surface area contributed by atoms with Crippen LogP contribution in [0.25, 0.3) is 10.9 Å². The summed E-state index contributed by atoms with van der Waals surface area (Å²) in [6.45, 7) is 6.31. The van der Waals surface area contributed by atoms with Crippen LogP contribution in [0.5, 0.6) is 0 Å². The lowest BCUT2D eigenvalue weighted by Crippen LogP contribution is -2.46. The van der Waals surface area contributed by atoms with Crippen molar-refractivity contribution in [1.82, 2.24) is 14.9 Å². The minimum absolute atomic E-state index is 0.00758.